The van der Waals surface area contributed by atoms with Gasteiger partial charge in [0.25, 0.3) is 5.91 Å². The van der Waals surface area contributed by atoms with Crippen LogP contribution in [0, 0.1) is 5.41 Å². The fourth-order valence-electron chi connectivity index (χ4n) is 2.16. The Balaban J connectivity index is 1.88. The lowest BCUT2D eigenvalue weighted by molar-refractivity contribution is -0.141. The van der Waals surface area contributed by atoms with Crippen molar-refractivity contribution < 1.29 is 14.7 Å². The van der Waals surface area contributed by atoms with Crippen molar-refractivity contribution in [3.63, 3.8) is 0 Å². The second kappa shape index (κ2) is 4.57. The number of aromatic amines is 1. The van der Waals surface area contributed by atoms with Crippen LogP contribution in [0.2, 0.25) is 0 Å². The van der Waals surface area contributed by atoms with Gasteiger partial charge < -0.3 is 10.4 Å². The van der Waals surface area contributed by atoms with E-state index >= 15 is 0 Å². The molecule has 1 aliphatic carbocycles. The first-order valence-corrected chi connectivity index (χ1v) is 5.60. The SMILES string of the molecule is O=C(O)CC1(CNC(=O)c2cn[nH]c2)CCC1. The zero-order valence-corrected chi connectivity index (χ0v) is 9.40. The number of carboxylic acid groups (broad SMARTS) is 1. The Morgan fingerprint density at radius 2 is 2.29 bits per heavy atom. The van der Waals surface area contributed by atoms with Gasteiger partial charge in [-0.05, 0) is 18.3 Å². The molecule has 0 spiro atoms. The van der Waals surface area contributed by atoms with E-state index in [0.717, 1.165) is 19.3 Å². The van der Waals surface area contributed by atoms with Gasteiger partial charge in [0.05, 0.1) is 18.2 Å². The van der Waals surface area contributed by atoms with Gasteiger partial charge in [-0.2, -0.15) is 5.10 Å². The van der Waals surface area contributed by atoms with Gasteiger partial charge in [-0.3, -0.25) is 14.7 Å². The summed E-state index contributed by atoms with van der Waals surface area (Å²) in [5.74, 6) is -1.02. The molecule has 1 fully saturated rings. The van der Waals surface area contributed by atoms with Crippen molar-refractivity contribution in [1.29, 1.82) is 0 Å². The zero-order valence-electron chi connectivity index (χ0n) is 9.40. The minimum Gasteiger partial charge on any atom is -0.481 e. The average molecular weight is 237 g/mol. The van der Waals surface area contributed by atoms with Crippen LogP contribution < -0.4 is 5.32 Å². The number of hydrogen-bond acceptors (Lipinski definition) is 3. The zero-order chi connectivity index (χ0) is 12.3. The van der Waals surface area contributed by atoms with Gasteiger partial charge >= 0.3 is 5.97 Å². The quantitative estimate of drug-likeness (QED) is 0.705. The maximum atomic E-state index is 11.7. The van der Waals surface area contributed by atoms with E-state index in [-0.39, 0.29) is 17.7 Å². The summed E-state index contributed by atoms with van der Waals surface area (Å²) in [6, 6.07) is 0. The van der Waals surface area contributed by atoms with Crippen LogP contribution in [0.4, 0.5) is 0 Å². The second-order valence-electron chi connectivity index (χ2n) is 4.59. The molecule has 1 heterocycles. The van der Waals surface area contributed by atoms with Gasteiger partial charge in [0.1, 0.15) is 0 Å². The highest BCUT2D eigenvalue weighted by molar-refractivity contribution is 5.93. The first kappa shape index (κ1) is 11.6. The number of nitrogens with zero attached hydrogens (tertiary/aromatic N) is 1. The summed E-state index contributed by atoms with van der Waals surface area (Å²) < 4.78 is 0. The number of nitrogens with one attached hydrogen (secondary N) is 2. The molecule has 0 aromatic carbocycles. The van der Waals surface area contributed by atoms with Crippen molar-refractivity contribution in [2.75, 3.05) is 6.54 Å². The molecule has 6 nitrogen and oxygen atoms in total. The van der Waals surface area contributed by atoms with Gasteiger partial charge in [0.2, 0.25) is 0 Å². The summed E-state index contributed by atoms with van der Waals surface area (Å²) in [5.41, 5.74) is 0.223. The Hall–Kier alpha value is -1.85. The van der Waals surface area contributed by atoms with Crippen molar-refractivity contribution in [3.8, 4) is 0 Å². The highest BCUT2D eigenvalue weighted by Gasteiger charge is 2.39. The van der Waals surface area contributed by atoms with Crippen LogP contribution in [0.15, 0.2) is 12.4 Å². The molecule has 6 heteroatoms. The minimum atomic E-state index is -0.803. The molecule has 0 atom stereocenters. The molecule has 1 saturated carbocycles. The highest BCUT2D eigenvalue weighted by Crippen LogP contribution is 2.43. The molecule has 92 valence electrons. The van der Waals surface area contributed by atoms with E-state index in [9.17, 15) is 9.59 Å². The van der Waals surface area contributed by atoms with E-state index in [4.69, 9.17) is 5.11 Å². The standard InChI is InChI=1S/C11H15N3O3/c15-9(16)4-11(2-1-3-11)7-12-10(17)8-5-13-14-6-8/h5-6H,1-4,7H2,(H,12,17)(H,13,14)(H,15,16). The first-order chi connectivity index (χ1) is 8.11. The van der Waals surface area contributed by atoms with Gasteiger partial charge in [0.15, 0.2) is 0 Å². The maximum absolute atomic E-state index is 11.7. The summed E-state index contributed by atoms with van der Waals surface area (Å²) in [7, 11) is 0. The number of aromatic nitrogens is 2. The number of carbonyl (C=O) groups excluding carboxylic acids is 1. The molecule has 0 aliphatic heterocycles. The van der Waals surface area contributed by atoms with Crippen LogP contribution in [0.1, 0.15) is 36.0 Å². The molecule has 0 saturated heterocycles. The molecular weight excluding hydrogens is 222 g/mol. The van der Waals surface area contributed by atoms with Crippen LogP contribution in [-0.4, -0.2) is 33.7 Å². The lowest BCUT2D eigenvalue weighted by Crippen LogP contribution is -2.43. The van der Waals surface area contributed by atoms with Crippen molar-refractivity contribution in [2.24, 2.45) is 5.41 Å². The maximum Gasteiger partial charge on any atom is 0.303 e. The summed E-state index contributed by atoms with van der Waals surface area (Å²) in [4.78, 5) is 22.4. The third-order valence-corrected chi connectivity index (χ3v) is 3.32. The number of carboxylic acids is 1. The van der Waals surface area contributed by atoms with Gasteiger partial charge in [-0.25, -0.2) is 0 Å². The Kier molecular flexibility index (Phi) is 3.12. The van der Waals surface area contributed by atoms with E-state index in [2.05, 4.69) is 15.5 Å². The fraction of sp³-hybridized carbons (Fsp3) is 0.545. The Bertz CT molecular complexity index is 410. The molecule has 1 aliphatic rings. The molecule has 17 heavy (non-hydrogen) atoms. The topological polar surface area (TPSA) is 95.1 Å². The number of amides is 1. The van der Waals surface area contributed by atoms with Gasteiger partial charge in [-0.1, -0.05) is 6.42 Å². The van der Waals surface area contributed by atoms with Crippen LogP contribution in [-0.2, 0) is 4.79 Å². The largest absolute Gasteiger partial charge is 0.481 e. The van der Waals surface area contributed by atoms with E-state index in [1.807, 2.05) is 0 Å². The number of carbonyl (C=O) groups is 2. The Morgan fingerprint density at radius 3 is 2.76 bits per heavy atom. The van der Waals surface area contributed by atoms with Gasteiger partial charge in [-0.15, -0.1) is 0 Å². The normalized spacial score (nSPS) is 17.2. The Labute approximate surface area is 98.4 Å². The Morgan fingerprint density at radius 1 is 1.53 bits per heavy atom. The van der Waals surface area contributed by atoms with Crippen molar-refractivity contribution >= 4 is 11.9 Å². The van der Waals surface area contributed by atoms with Gasteiger partial charge in [0, 0.05) is 12.7 Å². The molecular formula is C11H15N3O3. The summed E-state index contributed by atoms with van der Waals surface area (Å²) in [5, 5.41) is 17.9. The second-order valence-corrected chi connectivity index (χ2v) is 4.59. The average Bonchev–Trinajstić information content (AvgIpc) is 2.74. The van der Waals surface area contributed by atoms with Crippen molar-refractivity contribution in [1.82, 2.24) is 15.5 Å². The minimum absolute atomic E-state index is 0.124. The van der Waals surface area contributed by atoms with Crippen molar-refractivity contribution in [3.05, 3.63) is 18.0 Å². The number of hydrogen-bond donors (Lipinski definition) is 3. The predicted octanol–water partition coefficient (Wildman–Crippen LogP) is 0.785. The number of rotatable bonds is 5. The molecule has 3 N–H and O–H groups in total. The lowest BCUT2D eigenvalue weighted by atomic mass is 9.66. The van der Waals surface area contributed by atoms with E-state index in [1.165, 1.54) is 12.4 Å². The summed E-state index contributed by atoms with van der Waals surface area (Å²) >= 11 is 0. The number of aliphatic carboxylic acids is 1. The van der Waals surface area contributed by atoms with E-state index < -0.39 is 5.97 Å². The summed E-state index contributed by atoms with van der Waals surface area (Å²) in [6.07, 6.45) is 5.85. The molecule has 1 amide bonds. The third kappa shape index (κ3) is 2.64. The highest BCUT2D eigenvalue weighted by atomic mass is 16.4. The summed E-state index contributed by atoms with van der Waals surface area (Å²) in [6.45, 7) is 0.420. The predicted molar refractivity (Wildman–Crippen MR) is 59.5 cm³/mol. The molecule has 0 radical (unpaired) electrons. The smallest absolute Gasteiger partial charge is 0.303 e. The number of H-pyrrole nitrogens is 1. The van der Waals surface area contributed by atoms with E-state index in [1.54, 1.807) is 0 Å². The van der Waals surface area contributed by atoms with Crippen LogP contribution in [0.5, 0.6) is 0 Å². The van der Waals surface area contributed by atoms with Crippen molar-refractivity contribution in [2.45, 2.75) is 25.7 Å². The third-order valence-electron chi connectivity index (χ3n) is 3.32. The van der Waals surface area contributed by atoms with Crippen LogP contribution in [0.25, 0.3) is 0 Å². The molecule has 0 bridgehead atoms. The fourth-order valence-corrected chi connectivity index (χ4v) is 2.16. The van der Waals surface area contributed by atoms with E-state index in [0.29, 0.717) is 12.1 Å². The first-order valence-electron chi connectivity index (χ1n) is 5.60. The molecule has 0 unspecified atom stereocenters. The molecule has 2 rings (SSSR count). The molecule has 1 aromatic heterocycles. The van der Waals surface area contributed by atoms with Crippen LogP contribution >= 0.6 is 0 Å². The monoisotopic (exact) mass is 237 g/mol. The molecule has 1 aromatic rings. The lowest BCUT2D eigenvalue weighted by Gasteiger charge is -2.40. The van der Waals surface area contributed by atoms with Crippen LogP contribution in [0.3, 0.4) is 0 Å².